The molecule has 0 spiro atoms. The van der Waals surface area contributed by atoms with Crippen molar-refractivity contribution in [3.8, 4) is 22.5 Å². The van der Waals surface area contributed by atoms with Crippen LogP contribution in [0.4, 0.5) is 0 Å². The number of carbonyl (C=O) groups is 1. The largest absolute Gasteiger partial charge is 0.390 e. The first-order valence-corrected chi connectivity index (χ1v) is 10.1. The zero-order chi connectivity index (χ0) is 21.3. The number of hydrogen-bond donors (Lipinski definition) is 2. The molecule has 0 bridgehead atoms. The summed E-state index contributed by atoms with van der Waals surface area (Å²) in [5.74, 6) is -0.0175. The summed E-state index contributed by atoms with van der Waals surface area (Å²) in [5.41, 5.74) is 7.05. The number of hydrogen-bond acceptors (Lipinski definition) is 4. The monoisotopic (exact) mass is 402 g/mol. The summed E-state index contributed by atoms with van der Waals surface area (Å²) in [6, 6.07) is 14.0. The molecular weight excluding hydrogens is 376 g/mol. The zero-order valence-electron chi connectivity index (χ0n) is 17.7. The fourth-order valence-electron chi connectivity index (χ4n) is 3.35. The molecule has 4 rings (SSSR count). The fraction of sp³-hybridized carbons (Fsp3) is 0.292. The molecule has 0 saturated carbocycles. The van der Waals surface area contributed by atoms with Crippen LogP contribution < -0.4 is 5.32 Å². The molecule has 1 aliphatic heterocycles. The minimum Gasteiger partial charge on any atom is -0.390 e. The van der Waals surface area contributed by atoms with Crippen molar-refractivity contribution in [2.24, 2.45) is 5.16 Å². The highest BCUT2D eigenvalue weighted by Gasteiger charge is 2.20. The first kappa shape index (κ1) is 19.9. The van der Waals surface area contributed by atoms with Crippen LogP contribution in [0.3, 0.4) is 0 Å². The second kappa shape index (κ2) is 7.78. The van der Waals surface area contributed by atoms with E-state index in [2.05, 4.69) is 20.4 Å². The van der Waals surface area contributed by atoms with Gasteiger partial charge in [0.2, 0.25) is 0 Å². The highest BCUT2D eigenvalue weighted by atomic mass is 16.6. The Kier molecular flexibility index (Phi) is 5.16. The number of oxime groups is 1. The van der Waals surface area contributed by atoms with Crippen LogP contribution in [0.1, 0.15) is 49.3 Å². The molecule has 6 heteroatoms. The lowest BCUT2D eigenvalue weighted by atomic mass is 10.0. The number of H-pyrrole nitrogens is 1. The molecule has 2 aromatic heterocycles. The predicted octanol–water partition coefficient (Wildman–Crippen LogP) is 4.57. The molecule has 3 aromatic rings. The molecule has 154 valence electrons. The van der Waals surface area contributed by atoms with Crippen LogP contribution in [0.25, 0.3) is 22.5 Å². The standard InChI is InChI=1S/C24H26N4O2/c1-15(28-30-24(2,3)4)16-5-7-17(8-6-16)21-13-18(9-11-25-21)22-14-19-20(27-22)10-12-26-23(19)29/h5-9,11,13-14,27H,10,12H2,1-4H3,(H,26,29)/b28-15-. The van der Waals surface area contributed by atoms with Crippen molar-refractivity contribution in [3.05, 3.63) is 65.5 Å². The summed E-state index contributed by atoms with van der Waals surface area (Å²) in [6.45, 7) is 8.52. The van der Waals surface area contributed by atoms with Gasteiger partial charge in [0.15, 0.2) is 0 Å². The normalized spacial score (nSPS) is 14.3. The van der Waals surface area contributed by atoms with Crippen LogP contribution in [0.5, 0.6) is 0 Å². The molecule has 2 N–H and O–H groups in total. The molecule has 1 amide bonds. The minimum absolute atomic E-state index is 0.0175. The van der Waals surface area contributed by atoms with Crippen LogP contribution in [0.15, 0.2) is 53.8 Å². The maximum atomic E-state index is 12.0. The van der Waals surface area contributed by atoms with E-state index in [-0.39, 0.29) is 11.5 Å². The molecule has 0 radical (unpaired) electrons. The van der Waals surface area contributed by atoms with E-state index in [1.807, 2.05) is 70.2 Å². The molecule has 6 nitrogen and oxygen atoms in total. The number of pyridine rings is 1. The summed E-state index contributed by atoms with van der Waals surface area (Å²) in [7, 11) is 0. The van der Waals surface area contributed by atoms with E-state index in [1.165, 1.54) is 0 Å². The molecular formula is C24H26N4O2. The summed E-state index contributed by atoms with van der Waals surface area (Å²) < 4.78 is 0. The first-order chi connectivity index (χ1) is 14.3. The van der Waals surface area contributed by atoms with Crippen molar-refractivity contribution in [1.29, 1.82) is 0 Å². The van der Waals surface area contributed by atoms with E-state index in [4.69, 9.17) is 4.84 Å². The van der Waals surface area contributed by atoms with Crippen molar-refractivity contribution in [1.82, 2.24) is 15.3 Å². The lowest BCUT2D eigenvalue weighted by Gasteiger charge is -2.16. The number of aromatic amines is 1. The maximum Gasteiger partial charge on any atom is 0.253 e. The van der Waals surface area contributed by atoms with Gasteiger partial charge in [0.25, 0.3) is 5.91 Å². The average molecular weight is 402 g/mol. The third-order valence-electron chi connectivity index (χ3n) is 4.93. The number of amides is 1. The third kappa shape index (κ3) is 4.27. The van der Waals surface area contributed by atoms with Gasteiger partial charge in [-0.25, -0.2) is 0 Å². The molecule has 0 aliphatic carbocycles. The molecule has 3 heterocycles. The predicted molar refractivity (Wildman–Crippen MR) is 119 cm³/mol. The fourth-order valence-corrected chi connectivity index (χ4v) is 3.35. The van der Waals surface area contributed by atoms with Crippen LogP contribution >= 0.6 is 0 Å². The van der Waals surface area contributed by atoms with Gasteiger partial charge in [0.1, 0.15) is 5.60 Å². The molecule has 30 heavy (non-hydrogen) atoms. The minimum atomic E-state index is -0.316. The van der Waals surface area contributed by atoms with Crippen molar-refractivity contribution >= 4 is 11.6 Å². The number of nitrogens with one attached hydrogen (secondary N) is 2. The summed E-state index contributed by atoms with van der Waals surface area (Å²) in [6.07, 6.45) is 2.61. The average Bonchev–Trinajstić information content (AvgIpc) is 3.18. The van der Waals surface area contributed by atoms with Crippen LogP contribution in [0.2, 0.25) is 0 Å². The van der Waals surface area contributed by atoms with Crippen LogP contribution in [-0.2, 0) is 11.3 Å². The SMILES string of the molecule is C/C(=N/OC(C)(C)C)c1ccc(-c2cc(-c3cc4c([nH]3)CCNC4=O)ccn2)cc1. The van der Waals surface area contributed by atoms with Crippen molar-refractivity contribution in [2.75, 3.05) is 6.54 Å². The second-order valence-electron chi connectivity index (χ2n) is 8.47. The van der Waals surface area contributed by atoms with E-state index >= 15 is 0 Å². The van der Waals surface area contributed by atoms with Gasteiger partial charge in [-0.05, 0) is 51.5 Å². The second-order valence-corrected chi connectivity index (χ2v) is 8.47. The topological polar surface area (TPSA) is 79.4 Å². The molecule has 1 aliphatic rings. The quantitative estimate of drug-likeness (QED) is 0.496. The van der Waals surface area contributed by atoms with Gasteiger partial charge in [0.05, 0.1) is 17.0 Å². The Morgan fingerprint density at radius 2 is 1.87 bits per heavy atom. The van der Waals surface area contributed by atoms with E-state index in [1.54, 1.807) is 6.20 Å². The lowest BCUT2D eigenvalue weighted by molar-refractivity contribution is 0.000953. The number of aromatic nitrogens is 2. The zero-order valence-corrected chi connectivity index (χ0v) is 17.7. The summed E-state index contributed by atoms with van der Waals surface area (Å²) >= 11 is 0. The van der Waals surface area contributed by atoms with E-state index in [0.29, 0.717) is 6.54 Å². The molecule has 0 fully saturated rings. The number of nitrogens with zero attached hydrogens (tertiary/aromatic N) is 2. The maximum absolute atomic E-state index is 12.0. The van der Waals surface area contributed by atoms with Gasteiger partial charge in [-0.3, -0.25) is 9.78 Å². The molecule has 1 aromatic carbocycles. The van der Waals surface area contributed by atoms with Gasteiger partial charge < -0.3 is 15.1 Å². The van der Waals surface area contributed by atoms with E-state index < -0.39 is 0 Å². The number of rotatable bonds is 4. The number of fused-ring (bicyclic) bond motifs is 1. The van der Waals surface area contributed by atoms with Gasteiger partial charge in [-0.2, -0.15) is 0 Å². The Balaban J connectivity index is 1.58. The van der Waals surface area contributed by atoms with Crippen molar-refractivity contribution < 1.29 is 9.63 Å². The Bertz CT molecular complexity index is 1100. The highest BCUT2D eigenvalue weighted by Crippen LogP contribution is 2.27. The van der Waals surface area contributed by atoms with Crippen LogP contribution in [0, 0.1) is 0 Å². The van der Waals surface area contributed by atoms with Gasteiger partial charge >= 0.3 is 0 Å². The first-order valence-electron chi connectivity index (χ1n) is 10.1. The summed E-state index contributed by atoms with van der Waals surface area (Å²) in [4.78, 5) is 25.5. The van der Waals surface area contributed by atoms with Gasteiger partial charge in [0, 0.05) is 41.7 Å². The molecule has 0 saturated heterocycles. The summed E-state index contributed by atoms with van der Waals surface area (Å²) in [5, 5.41) is 7.11. The molecule has 0 atom stereocenters. The Hall–Kier alpha value is -3.41. The van der Waals surface area contributed by atoms with Gasteiger partial charge in [-0.15, -0.1) is 0 Å². The number of benzene rings is 1. The van der Waals surface area contributed by atoms with Crippen LogP contribution in [-0.4, -0.2) is 33.7 Å². The Labute approximate surface area is 176 Å². The number of carbonyl (C=O) groups excluding carboxylic acids is 1. The van der Waals surface area contributed by atoms with E-state index in [0.717, 1.165) is 51.5 Å². The Morgan fingerprint density at radius 3 is 2.57 bits per heavy atom. The molecule has 0 unspecified atom stereocenters. The van der Waals surface area contributed by atoms with E-state index in [9.17, 15) is 4.79 Å². The lowest BCUT2D eigenvalue weighted by Crippen LogP contribution is -2.31. The highest BCUT2D eigenvalue weighted by molar-refractivity contribution is 5.99. The van der Waals surface area contributed by atoms with Crippen molar-refractivity contribution in [3.63, 3.8) is 0 Å². The third-order valence-corrected chi connectivity index (χ3v) is 4.93. The van der Waals surface area contributed by atoms with Crippen molar-refractivity contribution in [2.45, 2.75) is 39.7 Å². The van der Waals surface area contributed by atoms with Gasteiger partial charge in [-0.1, -0.05) is 29.4 Å². The smallest absolute Gasteiger partial charge is 0.253 e. The Morgan fingerprint density at radius 1 is 1.10 bits per heavy atom.